The molecule has 2 aliphatic rings. The number of fused-ring (bicyclic) bond motifs is 2. The Morgan fingerprint density at radius 1 is 1.14 bits per heavy atom. The highest BCUT2D eigenvalue weighted by molar-refractivity contribution is 5.61. The second-order valence-electron chi connectivity index (χ2n) is 5.80. The first-order chi connectivity index (χ1) is 10.3. The van der Waals surface area contributed by atoms with Crippen LogP contribution in [0.1, 0.15) is 30.0 Å². The lowest BCUT2D eigenvalue weighted by molar-refractivity contribution is 0.322. The molecule has 2 aromatic carbocycles. The number of hydrogen-bond donors (Lipinski definition) is 1. The molecule has 21 heavy (non-hydrogen) atoms. The molecule has 108 valence electrons. The average Bonchev–Trinajstić information content (AvgIpc) is 2.79. The topological polar surface area (TPSA) is 32.7 Å². The van der Waals surface area contributed by atoms with E-state index in [2.05, 4.69) is 29.2 Å². The number of nitrogens with zero attached hydrogens (tertiary/aromatic N) is 1. The van der Waals surface area contributed by atoms with Crippen molar-refractivity contribution in [1.29, 1.82) is 0 Å². The van der Waals surface area contributed by atoms with Gasteiger partial charge in [0.1, 0.15) is 11.5 Å². The Morgan fingerprint density at radius 3 is 3.00 bits per heavy atom. The highest BCUT2D eigenvalue weighted by Crippen LogP contribution is 2.43. The van der Waals surface area contributed by atoms with Crippen LogP contribution >= 0.6 is 0 Å². The first-order valence-corrected chi connectivity index (χ1v) is 7.63. The predicted octanol–water partition coefficient (Wildman–Crippen LogP) is 3.67. The van der Waals surface area contributed by atoms with Gasteiger partial charge >= 0.3 is 0 Å². The molecule has 3 nitrogen and oxygen atoms in total. The number of benzene rings is 2. The number of hydrogen-bond acceptors (Lipinski definition) is 3. The van der Waals surface area contributed by atoms with Crippen molar-refractivity contribution in [3.63, 3.8) is 0 Å². The minimum Gasteiger partial charge on any atom is -0.508 e. The molecule has 1 aliphatic carbocycles. The monoisotopic (exact) mass is 281 g/mol. The lowest BCUT2D eigenvalue weighted by Gasteiger charge is -2.31. The van der Waals surface area contributed by atoms with Crippen molar-refractivity contribution < 1.29 is 9.84 Å². The van der Waals surface area contributed by atoms with E-state index in [9.17, 15) is 5.11 Å². The fraction of sp³-hybridized carbons (Fsp3) is 0.333. The summed E-state index contributed by atoms with van der Waals surface area (Å²) >= 11 is 0. The van der Waals surface area contributed by atoms with Gasteiger partial charge < -0.3 is 14.7 Å². The van der Waals surface area contributed by atoms with Gasteiger partial charge in [-0.2, -0.15) is 0 Å². The van der Waals surface area contributed by atoms with Gasteiger partial charge in [-0.25, -0.2) is 0 Å². The molecule has 4 rings (SSSR count). The van der Waals surface area contributed by atoms with Crippen LogP contribution in [-0.4, -0.2) is 18.3 Å². The van der Waals surface area contributed by atoms with Gasteiger partial charge in [0.15, 0.2) is 0 Å². The summed E-state index contributed by atoms with van der Waals surface area (Å²) in [6, 6.07) is 14.5. The smallest absolute Gasteiger partial charge is 0.142 e. The molecule has 3 heteroatoms. The van der Waals surface area contributed by atoms with Gasteiger partial charge in [0, 0.05) is 6.54 Å². The Labute approximate surface area is 124 Å². The number of rotatable bonds is 1. The quantitative estimate of drug-likeness (QED) is 0.865. The number of phenols is 1. The van der Waals surface area contributed by atoms with E-state index in [-0.39, 0.29) is 0 Å². The van der Waals surface area contributed by atoms with Gasteiger partial charge in [-0.15, -0.1) is 0 Å². The Morgan fingerprint density at radius 2 is 2.05 bits per heavy atom. The lowest BCUT2D eigenvalue weighted by Crippen LogP contribution is -2.27. The van der Waals surface area contributed by atoms with Crippen molar-refractivity contribution in [1.82, 2.24) is 0 Å². The number of para-hydroxylation sites is 2. The van der Waals surface area contributed by atoms with Crippen LogP contribution in [0.25, 0.3) is 0 Å². The van der Waals surface area contributed by atoms with E-state index in [0.29, 0.717) is 11.8 Å². The van der Waals surface area contributed by atoms with E-state index in [1.165, 1.54) is 16.8 Å². The summed E-state index contributed by atoms with van der Waals surface area (Å²) in [5, 5.41) is 9.66. The van der Waals surface area contributed by atoms with Crippen LogP contribution in [-0.2, 0) is 6.42 Å². The van der Waals surface area contributed by atoms with Gasteiger partial charge in [0.2, 0.25) is 0 Å². The first-order valence-electron chi connectivity index (χ1n) is 7.63. The van der Waals surface area contributed by atoms with E-state index >= 15 is 0 Å². The van der Waals surface area contributed by atoms with Crippen molar-refractivity contribution in [3.05, 3.63) is 53.6 Å². The normalized spacial score (nSPS) is 20.4. The first kappa shape index (κ1) is 12.6. The third-order valence-corrected chi connectivity index (χ3v) is 4.52. The minimum atomic E-state index is 0.369. The van der Waals surface area contributed by atoms with E-state index in [0.717, 1.165) is 38.2 Å². The van der Waals surface area contributed by atoms with Crippen LogP contribution in [0.4, 0.5) is 5.69 Å². The van der Waals surface area contributed by atoms with Crippen molar-refractivity contribution in [2.24, 2.45) is 0 Å². The molecule has 1 unspecified atom stereocenters. The van der Waals surface area contributed by atoms with E-state index in [1.807, 2.05) is 12.1 Å². The van der Waals surface area contributed by atoms with Crippen molar-refractivity contribution in [3.8, 4) is 11.5 Å². The van der Waals surface area contributed by atoms with Crippen molar-refractivity contribution in [2.75, 3.05) is 18.1 Å². The average molecular weight is 281 g/mol. The van der Waals surface area contributed by atoms with E-state index < -0.39 is 0 Å². The standard InChI is InChI=1S/C18H19NO2/c20-14-7-8-15-13(12-14)6-9-16(15)19-10-3-11-21-18-5-2-1-4-17(18)19/h1-2,4-5,7-8,12,16,20H,3,6,9-11H2. The SMILES string of the molecule is Oc1ccc2c(c1)CCC2N1CCCOc2ccccc21. The second-order valence-corrected chi connectivity index (χ2v) is 5.80. The number of ether oxygens (including phenoxy) is 1. The molecule has 1 atom stereocenters. The molecule has 0 aromatic heterocycles. The lowest BCUT2D eigenvalue weighted by atomic mass is 10.1. The Bertz CT molecular complexity index is 668. The zero-order valence-corrected chi connectivity index (χ0v) is 12.0. The molecule has 0 saturated carbocycles. The van der Waals surface area contributed by atoms with Crippen molar-refractivity contribution >= 4 is 5.69 Å². The van der Waals surface area contributed by atoms with Crippen LogP contribution < -0.4 is 9.64 Å². The molecule has 0 radical (unpaired) electrons. The summed E-state index contributed by atoms with van der Waals surface area (Å²) in [5.41, 5.74) is 3.83. The molecular formula is C18H19NO2. The predicted molar refractivity (Wildman–Crippen MR) is 83.1 cm³/mol. The number of anilines is 1. The van der Waals surface area contributed by atoms with Crippen LogP contribution in [0.2, 0.25) is 0 Å². The van der Waals surface area contributed by atoms with Crippen molar-refractivity contribution in [2.45, 2.75) is 25.3 Å². The van der Waals surface area contributed by atoms with E-state index in [4.69, 9.17) is 4.74 Å². The zero-order valence-electron chi connectivity index (χ0n) is 12.0. The molecule has 1 heterocycles. The maximum Gasteiger partial charge on any atom is 0.142 e. The fourth-order valence-electron chi connectivity index (χ4n) is 3.58. The number of phenolic OH excluding ortho intramolecular Hbond substituents is 1. The fourth-order valence-corrected chi connectivity index (χ4v) is 3.58. The highest BCUT2D eigenvalue weighted by Gasteiger charge is 2.30. The van der Waals surface area contributed by atoms with Gasteiger partial charge in [-0.3, -0.25) is 0 Å². The molecule has 2 aromatic rings. The number of aromatic hydroxyl groups is 1. The van der Waals surface area contributed by atoms with Crippen LogP contribution in [0.5, 0.6) is 11.5 Å². The third kappa shape index (κ3) is 2.13. The Hall–Kier alpha value is -2.16. The van der Waals surface area contributed by atoms with Gasteiger partial charge in [0.25, 0.3) is 0 Å². The molecule has 0 amide bonds. The summed E-state index contributed by atoms with van der Waals surface area (Å²) in [7, 11) is 0. The summed E-state index contributed by atoms with van der Waals surface area (Å²) < 4.78 is 5.86. The Kier molecular flexibility index (Phi) is 2.99. The highest BCUT2D eigenvalue weighted by atomic mass is 16.5. The molecule has 0 bridgehead atoms. The molecule has 0 spiro atoms. The van der Waals surface area contributed by atoms with Gasteiger partial charge in [-0.1, -0.05) is 18.2 Å². The summed E-state index contributed by atoms with van der Waals surface area (Å²) in [6.07, 6.45) is 3.18. The third-order valence-electron chi connectivity index (χ3n) is 4.52. The summed E-state index contributed by atoms with van der Waals surface area (Å²) in [5.74, 6) is 1.36. The number of aryl methyl sites for hydroxylation is 1. The maximum absolute atomic E-state index is 9.66. The molecule has 1 N–H and O–H groups in total. The summed E-state index contributed by atoms with van der Waals surface area (Å²) in [4.78, 5) is 2.48. The molecule has 0 fully saturated rings. The van der Waals surface area contributed by atoms with Crippen LogP contribution in [0.3, 0.4) is 0 Å². The molecular weight excluding hydrogens is 262 g/mol. The second kappa shape index (κ2) is 4.99. The zero-order chi connectivity index (χ0) is 14.2. The van der Waals surface area contributed by atoms with E-state index in [1.54, 1.807) is 6.07 Å². The molecule has 0 saturated heterocycles. The Balaban J connectivity index is 1.75. The minimum absolute atomic E-state index is 0.369. The van der Waals surface area contributed by atoms with Crippen LogP contribution in [0, 0.1) is 0 Å². The van der Waals surface area contributed by atoms with Gasteiger partial charge in [0.05, 0.1) is 18.3 Å². The maximum atomic E-state index is 9.66. The summed E-state index contributed by atoms with van der Waals surface area (Å²) in [6.45, 7) is 1.80. The van der Waals surface area contributed by atoms with Gasteiger partial charge in [-0.05, 0) is 54.7 Å². The molecule has 1 aliphatic heterocycles. The largest absolute Gasteiger partial charge is 0.508 e. The van der Waals surface area contributed by atoms with Crippen LogP contribution in [0.15, 0.2) is 42.5 Å².